The van der Waals surface area contributed by atoms with Gasteiger partial charge in [0, 0.05) is 5.39 Å². The number of hydrogen-bond acceptors (Lipinski definition) is 2. The van der Waals surface area contributed by atoms with E-state index in [0.717, 1.165) is 27.6 Å². The van der Waals surface area contributed by atoms with Crippen molar-refractivity contribution in [2.45, 2.75) is 12.8 Å². The lowest BCUT2D eigenvalue weighted by atomic mass is 10.0. The first kappa shape index (κ1) is 16.1. The Hall–Kier alpha value is -3.40. The fourth-order valence-corrected chi connectivity index (χ4v) is 3.04. The number of anilines is 1. The number of fused-ring (bicyclic) bond motifs is 1. The molecule has 0 fully saturated rings. The van der Waals surface area contributed by atoms with Gasteiger partial charge in [-0.3, -0.25) is 9.89 Å². The molecule has 3 aromatic carbocycles. The van der Waals surface area contributed by atoms with Crippen molar-refractivity contribution in [2.75, 3.05) is 5.32 Å². The minimum absolute atomic E-state index is 0.0743. The van der Waals surface area contributed by atoms with E-state index in [0.29, 0.717) is 5.82 Å². The predicted octanol–water partition coefficient (Wildman–Crippen LogP) is 4.97. The minimum atomic E-state index is -0.250. The monoisotopic (exact) mass is 341 g/mol. The second-order valence-corrected chi connectivity index (χ2v) is 6.32. The van der Waals surface area contributed by atoms with E-state index in [4.69, 9.17) is 0 Å². The predicted molar refractivity (Wildman–Crippen MR) is 105 cm³/mol. The molecule has 0 aliphatic carbocycles. The van der Waals surface area contributed by atoms with Gasteiger partial charge in [0.1, 0.15) is 0 Å². The Morgan fingerprint density at radius 3 is 2.35 bits per heavy atom. The summed E-state index contributed by atoms with van der Waals surface area (Å²) < 4.78 is 0. The number of carbonyl (C=O) groups excluding carboxylic acids is 1. The third-order valence-electron chi connectivity index (χ3n) is 4.60. The number of H-pyrrole nitrogens is 1. The molecule has 4 aromatic rings. The Labute approximate surface area is 151 Å². The molecule has 0 spiro atoms. The molecular formula is C22H19N3O. The zero-order valence-electron chi connectivity index (χ0n) is 14.4. The van der Waals surface area contributed by atoms with Crippen LogP contribution >= 0.6 is 0 Å². The van der Waals surface area contributed by atoms with Crippen LogP contribution in [0.25, 0.3) is 22.0 Å². The summed E-state index contributed by atoms with van der Waals surface area (Å²) in [5, 5.41) is 11.1. The highest BCUT2D eigenvalue weighted by Crippen LogP contribution is 2.28. The van der Waals surface area contributed by atoms with Crippen LogP contribution in [0.2, 0.25) is 0 Å². The molecule has 0 radical (unpaired) electrons. The zero-order chi connectivity index (χ0) is 17.9. The van der Waals surface area contributed by atoms with E-state index in [9.17, 15) is 4.79 Å². The number of aromatic nitrogens is 2. The Kier molecular flexibility index (Phi) is 4.23. The van der Waals surface area contributed by atoms with Crippen LogP contribution in [-0.2, 0) is 4.79 Å². The van der Waals surface area contributed by atoms with Crippen LogP contribution in [0, 0.1) is 0 Å². The van der Waals surface area contributed by atoms with Crippen molar-refractivity contribution >= 4 is 22.6 Å². The second kappa shape index (κ2) is 6.84. The van der Waals surface area contributed by atoms with Crippen LogP contribution in [0.15, 0.2) is 78.9 Å². The average Bonchev–Trinajstić information content (AvgIpc) is 3.10. The molecule has 0 aliphatic heterocycles. The molecular weight excluding hydrogens is 322 g/mol. The van der Waals surface area contributed by atoms with Gasteiger partial charge >= 0.3 is 0 Å². The van der Waals surface area contributed by atoms with Crippen molar-refractivity contribution in [3.05, 3.63) is 84.4 Å². The topological polar surface area (TPSA) is 57.8 Å². The molecule has 0 bridgehead atoms. The Bertz CT molecular complexity index is 1040. The summed E-state index contributed by atoms with van der Waals surface area (Å²) in [6.07, 6.45) is 0. The Morgan fingerprint density at radius 1 is 0.923 bits per heavy atom. The molecule has 128 valence electrons. The van der Waals surface area contributed by atoms with Gasteiger partial charge < -0.3 is 5.32 Å². The first-order valence-corrected chi connectivity index (χ1v) is 8.62. The van der Waals surface area contributed by atoms with Gasteiger partial charge in [-0.15, -0.1) is 0 Å². The molecule has 1 amide bonds. The van der Waals surface area contributed by atoms with E-state index >= 15 is 0 Å². The third kappa shape index (κ3) is 3.09. The van der Waals surface area contributed by atoms with Gasteiger partial charge in [0.25, 0.3) is 0 Å². The highest BCUT2D eigenvalue weighted by atomic mass is 16.1. The number of nitrogens with one attached hydrogen (secondary N) is 2. The first-order chi connectivity index (χ1) is 12.7. The molecule has 0 saturated heterocycles. The van der Waals surface area contributed by atoms with Crippen molar-refractivity contribution in [3.63, 3.8) is 0 Å². The maximum atomic E-state index is 12.6. The standard InChI is InChI=1S/C22H19N3O/c1-15(16-8-4-2-5-9-16)22(26)23-21-19-14-18(12-13-20(19)24-25-21)17-10-6-3-7-11-17/h2-15H,1H3,(H2,23,24,25,26). The molecule has 4 heteroatoms. The number of carbonyl (C=O) groups is 1. The lowest BCUT2D eigenvalue weighted by Crippen LogP contribution is -2.19. The van der Waals surface area contributed by atoms with Gasteiger partial charge in [-0.1, -0.05) is 66.7 Å². The van der Waals surface area contributed by atoms with Crippen molar-refractivity contribution in [3.8, 4) is 11.1 Å². The van der Waals surface area contributed by atoms with Crippen LogP contribution in [0.4, 0.5) is 5.82 Å². The number of amides is 1. The van der Waals surface area contributed by atoms with Gasteiger partial charge in [0.05, 0.1) is 11.4 Å². The van der Waals surface area contributed by atoms with Gasteiger partial charge in [-0.25, -0.2) is 0 Å². The summed E-state index contributed by atoms with van der Waals surface area (Å²) in [7, 11) is 0. The Morgan fingerprint density at radius 2 is 1.62 bits per heavy atom. The summed E-state index contributed by atoms with van der Waals surface area (Å²) in [5.41, 5.74) is 4.10. The first-order valence-electron chi connectivity index (χ1n) is 8.62. The molecule has 0 saturated carbocycles. The number of rotatable bonds is 4. The molecule has 1 heterocycles. The molecule has 1 aromatic heterocycles. The SMILES string of the molecule is CC(C(=O)Nc1n[nH]c2ccc(-c3ccccc3)cc12)c1ccccc1. The van der Waals surface area contributed by atoms with Crippen molar-refractivity contribution in [2.24, 2.45) is 0 Å². The van der Waals surface area contributed by atoms with Crippen molar-refractivity contribution in [1.29, 1.82) is 0 Å². The molecule has 4 nitrogen and oxygen atoms in total. The van der Waals surface area contributed by atoms with E-state index in [2.05, 4.69) is 33.7 Å². The van der Waals surface area contributed by atoms with E-state index in [1.54, 1.807) is 0 Å². The lowest BCUT2D eigenvalue weighted by molar-refractivity contribution is -0.117. The summed E-state index contributed by atoms with van der Waals surface area (Å²) in [5.74, 6) is 0.237. The van der Waals surface area contributed by atoms with E-state index in [-0.39, 0.29) is 11.8 Å². The van der Waals surface area contributed by atoms with E-state index in [1.165, 1.54) is 0 Å². The molecule has 26 heavy (non-hydrogen) atoms. The van der Waals surface area contributed by atoms with Gasteiger partial charge in [-0.2, -0.15) is 5.10 Å². The highest BCUT2D eigenvalue weighted by molar-refractivity contribution is 6.03. The maximum Gasteiger partial charge on any atom is 0.232 e. The second-order valence-electron chi connectivity index (χ2n) is 6.32. The van der Waals surface area contributed by atoms with Gasteiger partial charge in [-0.05, 0) is 35.7 Å². The number of nitrogens with zero attached hydrogens (tertiary/aromatic N) is 1. The molecule has 4 rings (SSSR count). The minimum Gasteiger partial charge on any atom is -0.308 e. The molecule has 1 unspecified atom stereocenters. The van der Waals surface area contributed by atoms with Gasteiger partial charge in [0.2, 0.25) is 5.91 Å². The quantitative estimate of drug-likeness (QED) is 0.550. The summed E-state index contributed by atoms with van der Waals surface area (Å²) in [6.45, 7) is 1.90. The fourth-order valence-electron chi connectivity index (χ4n) is 3.04. The number of aromatic amines is 1. The van der Waals surface area contributed by atoms with Crippen LogP contribution in [0.1, 0.15) is 18.4 Å². The van der Waals surface area contributed by atoms with Gasteiger partial charge in [0.15, 0.2) is 5.82 Å². The Balaban J connectivity index is 1.63. The van der Waals surface area contributed by atoms with Crippen molar-refractivity contribution < 1.29 is 4.79 Å². The summed E-state index contributed by atoms with van der Waals surface area (Å²) in [4.78, 5) is 12.6. The summed E-state index contributed by atoms with van der Waals surface area (Å²) >= 11 is 0. The summed E-state index contributed by atoms with van der Waals surface area (Å²) in [6, 6.07) is 26.0. The van der Waals surface area contributed by atoms with E-state index < -0.39 is 0 Å². The lowest BCUT2D eigenvalue weighted by Gasteiger charge is -2.11. The largest absolute Gasteiger partial charge is 0.308 e. The number of hydrogen-bond donors (Lipinski definition) is 2. The third-order valence-corrected chi connectivity index (χ3v) is 4.60. The van der Waals surface area contributed by atoms with Crippen LogP contribution in [-0.4, -0.2) is 16.1 Å². The highest BCUT2D eigenvalue weighted by Gasteiger charge is 2.17. The number of benzene rings is 3. The molecule has 2 N–H and O–H groups in total. The smallest absolute Gasteiger partial charge is 0.232 e. The van der Waals surface area contributed by atoms with Crippen LogP contribution < -0.4 is 5.32 Å². The van der Waals surface area contributed by atoms with E-state index in [1.807, 2.05) is 67.6 Å². The fraction of sp³-hybridized carbons (Fsp3) is 0.0909. The van der Waals surface area contributed by atoms with Crippen LogP contribution in [0.3, 0.4) is 0 Å². The average molecular weight is 341 g/mol. The normalized spacial score (nSPS) is 12.0. The molecule has 0 aliphatic rings. The maximum absolute atomic E-state index is 12.6. The molecule has 1 atom stereocenters. The van der Waals surface area contributed by atoms with Crippen LogP contribution in [0.5, 0.6) is 0 Å². The zero-order valence-corrected chi connectivity index (χ0v) is 14.4. The van der Waals surface area contributed by atoms with Crippen molar-refractivity contribution in [1.82, 2.24) is 10.2 Å².